The number of rotatable bonds is 7. The van der Waals surface area contributed by atoms with Gasteiger partial charge in [0.25, 0.3) is 5.91 Å². The molecule has 0 aliphatic rings. The van der Waals surface area contributed by atoms with Crippen molar-refractivity contribution >= 4 is 23.9 Å². The van der Waals surface area contributed by atoms with E-state index < -0.39 is 23.8 Å². The Kier molecular flexibility index (Phi) is 6.22. The Morgan fingerprint density at radius 1 is 1.12 bits per heavy atom. The molecule has 1 atom stereocenters. The Bertz CT molecular complexity index is 743. The maximum atomic E-state index is 12.8. The van der Waals surface area contributed by atoms with Crippen LogP contribution in [0.3, 0.4) is 0 Å². The maximum Gasteiger partial charge on any atom is 0.344 e. The molecule has 7 heteroatoms. The Morgan fingerprint density at radius 3 is 2.36 bits per heavy atom. The zero-order chi connectivity index (χ0) is 18.2. The van der Waals surface area contributed by atoms with Gasteiger partial charge in [0, 0.05) is 11.3 Å². The summed E-state index contributed by atoms with van der Waals surface area (Å²) in [5.74, 6) is -1.29. The quantitative estimate of drug-likeness (QED) is 0.616. The second kappa shape index (κ2) is 8.58. The monoisotopic (exact) mass is 345 g/mol. The van der Waals surface area contributed by atoms with Crippen molar-refractivity contribution in [2.75, 3.05) is 11.9 Å². The fourth-order valence-corrected chi connectivity index (χ4v) is 1.85. The van der Waals surface area contributed by atoms with Gasteiger partial charge in [0.1, 0.15) is 17.9 Å². The van der Waals surface area contributed by atoms with Crippen LogP contribution in [0.15, 0.2) is 48.5 Å². The minimum absolute atomic E-state index is 0.380. The van der Waals surface area contributed by atoms with E-state index in [0.717, 1.165) is 0 Å². The van der Waals surface area contributed by atoms with Gasteiger partial charge in [-0.2, -0.15) is 0 Å². The van der Waals surface area contributed by atoms with Crippen LogP contribution in [0.25, 0.3) is 0 Å². The number of esters is 1. The lowest BCUT2D eigenvalue weighted by Crippen LogP contribution is -2.31. The molecular formula is C18H16FNO5. The van der Waals surface area contributed by atoms with E-state index in [-0.39, 0.29) is 6.61 Å². The third-order valence-corrected chi connectivity index (χ3v) is 3.16. The molecular weight excluding hydrogens is 329 g/mol. The first-order chi connectivity index (χ1) is 12.0. The molecule has 130 valence electrons. The Morgan fingerprint density at radius 2 is 1.76 bits per heavy atom. The van der Waals surface area contributed by atoms with Crippen LogP contribution in [-0.2, 0) is 14.3 Å². The lowest BCUT2D eigenvalue weighted by molar-refractivity contribution is -0.155. The topological polar surface area (TPSA) is 81.7 Å². The highest BCUT2D eigenvalue weighted by Gasteiger charge is 2.18. The molecule has 0 aliphatic carbocycles. The normalized spacial score (nSPS) is 11.3. The number of halogens is 1. The number of carbonyl (C=O) groups is 3. The molecule has 2 aromatic carbocycles. The number of nitrogens with one attached hydrogen (secondary N) is 1. The summed E-state index contributed by atoms with van der Waals surface area (Å²) >= 11 is 0. The van der Waals surface area contributed by atoms with Gasteiger partial charge in [0.2, 0.25) is 0 Å². The number of aldehydes is 1. The first-order valence-electron chi connectivity index (χ1n) is 7.42. The van der Waals surface area contributed by atoms with E-state index in [1.807, 2.05) is 0 Å². The maximum absolute atomic E-state index is 12.8. The second-order valence-electron chi connectivity index (χ2n) is 5.10. The minimum atomic E-state index is -1.04. The largest absolute Gasteiger partial charge is 0.482 e. The number of hydrogen-bond donors (Lipinski definition) is 1. The SMILES string of the molecule is C[C@H](OC(=O)COc1ccc(C=O)cc1)C(=O)Nc1ccc(F)cc1. The van der Waals surface area contributed by atoms with Crippen LogP contribution in [-0.4, -0.2) is 30.9 Å². The van der Waals surface area contributed by atoms with Gasteiger partial charge >= 0.3 is 5.97 Å². The van der Waals surface area contributed by atoms with E-state index in [9.17, 15) is 18.8 Å². The van der Waals surface area contributed by atoms with Crippen molar-refractivity contribution in [3.63, 3.8) is 0 Å². The van der Waals surface area contributed by atoms with Crippen molar-refractivity contribution in [1.29, 1.82) is 0 Å². The predicted molar refractivity (Wildman–Crippen MR) is 87.9 cm³/mol. The Hall–Kier alpha value is -3.22. The van der Waals surface area contributed by atoms with Gasteiger partial charge in [-0.1, -0.05) is 0 Å². The van der Waals surface area contributed by atoms with Gasteiger partial charge < -0.3 is 14.8 Å². The van der Waals surface area contributed by atoms with Gasteiger partial charge in [-0.25, -0.2) is 9.18 Å². The van der Waals surface area contributed by atoms with Crippen molar-refractivity contribution in [3.8, 4) is 5.75 Å². The molecule has 0 aliphatic heterocycles. The second-order valence-corrected chi connectivity index (χ2v) is 5.10. The number of amides is 1. The summed E-state index contributed by atoms with van der Waals surface area (Å²) in [5, 5.41) is 2.50. The third-order valence-electron chi connectivity index (χ3n) is 3.16. The first kappa shape index (κ1) is 18.1. The lowest BCUT2D eigenvalue weighted by Gasteiger charge is -2.14. The molecule has 0 aromatic heterocycles. The van der Waals surface area contributed by atoms with E-state index in [2.05, 4.69) is 5.32 Å². The zero-order valence-electron chi connectivity index (χ0n) is 13.4. The Labute approximate surface area is 143 Å². The summed E-state index contributed by atoms with van der Waals surface area (Å²) in [6, 6.07) is 11.4. The van der Waals surface area contributed by atoms with Crippen molar-refractivity contribution in [2.24, 2.45) is 0 Å². The molecule has 0 saturated heterocycles. The average Bonchev–Trinajstić information content (AvgIpc) is 2.62. The highest BCUT2D eigenvalue weighted by Crippen LogP contribution is 2.12. The van der Waals surface area contributed by atoms with Gasteiger partial charge in [0.15, 0.2) is 12.7 Å². The molecule has 1 N–H and O–H groups in total. The highest BCUT2D eigenvalue weighted by molar-refractivity contribution is 5.95. The molecule has 0 spiro atoms. The van der Waals surface area contributed by atoms with Gasteiger partial charge in [-0.3, -0.25) is 9.59 Å². The van der Waals surface area contributed by atoms with Crippen LogP contribution in [0.2, 0.25) is 0 Å². The van der Waals surface area contributed by atoms with Crippen LogP contribution in [0.4, 0.5) is 10.1 Å². The van der Waals surface area contributed by atoms with Crippen molar-refractivity contribution in [2.45, 2.75) is 13.0 Å². The standard InChI is InChI=1S/C18H16FNO5/c1-12(18(23)20-15-6-4-14(19)5-7-15)25-17(22)11-24-16-8-2-13(10-21)3-9-16/h2-10,12H,11H2,1H3,(H,20,23)/t12-/m0/s1. The summed E-state index contributed by atoms with van der Waals surface area (Å²) in [6.07, 6.45) is -0.349. The number of hydrogen-bond acceptors (Lipinski definition) is 5. The molecule has 2 aromatic rings. The van der Waals surface area contributed by atoms with E-state index in [0.29, 0.717) is 23.3 Å². The summed E-state index contributed by atoms with van der Waals surface area (Å²) in [5.41, 5.74) is 0.877. The van der Waals surface area contributed by atoms with Gasteiger partial charge in [-0.05, 0) is 55.5 Å². The molecule has 1 amide bonds. The van der Waals surface area contributed by atoms with E-state index >= 15 is 0 Å². The fraction of sp³-hybridized carbons (Fsp3) is 0.167. The molecule has 0 bridgehead atoms. The molecule has 0 fully saturated rings. The smallest absolute Gasteiger partial charge is 0.344 e. The van der Waals surface area contributed by atoms with Crippen molar-refractivity contribution < 1.29 is 28.2 Å². The summed E-state index contributed by atoms with van der Waals surface area (Å²) < 4.78 is 23.0. The number of benzene rings is 2. The van der Waals surface area contributed by atoms with E-state index in [4.69, 9.17) is 9.47 Å². The number of carbonyl (C=O) groups excluding carboxylic acids is 3. The minimum Gasteiger partial charge on any atom is -0.482 e. The van der Waals surface area contributed by atoms with Crippen molar-refractivity contribution in [3.05, 3.63) is 59.9 Å². The van der Waals surface area contributed by atoms with Crippen LogP contribution >= 0.6 is 0 Å². The predicted octanol–water partition coefficient (Wildman–Crippen LogP) is 2.59. The van der Waals surface area contributed by atoms with Crippen molar-refractivity contribution in [1.82, 2.24) is 0 Å². The molecule has 0 radical (unpaired) electrons. The number of ether oxygens (including phenoxy) is 2. The summed E-state index contributed by atoms with van der Waals surface area (Å²) in [7, 11) is 0. The Balaban J connectivity index is 1.79. The summed E-state index contributed by atoms with van der Waals surface area (Å²) in [4.78, 5) is 34.2. The van der Waals surface area contributed by atoms with E-state index in [1.165, 1.54) is 31.2 Å². The van der Waals surface area contributed by atoms with Crippen LogP contribution in [0.1, 0.15) is 17.3 Å². The average molecular weight is 345 g/mol. The molecule has 0 saturated carbocycles. The highest BCUT2D eigenvalue weighted by atomic mass is 19.1. The molecule has 0 heterocycles. The van der Waals surface area contributed by atoms with Crippen LogP contribution < -0.4 is 10.1 Å². The zero-order valence-corrected chi connectivity index (χ0v) is 13.4. The molecule has 2 rings (SSSR count). The molecule has 25 heavy (non-hydrogen) atoms. The van der Waals surface area contributed by atoms with Gasteiger partial charge in [-0.15, -0.1) is 0 Å². The van der Waals surface area contributed by atoms with E-state index in [1.54, 1.807) is 24.3 Å². The van der Waals surface area contributed by atoms with Gasteiger partial charge in [0.05, 0.1) is 0 Å². The first-order valence-corrected chi connectivity index (χ1v) is 7.42. The molecule has 6 nitrogen and oxygen atoms in total. The fourth-order valence-electron chi connectivity index (χ4n) is 1.85. The number of anilines is 1. The summed E-state index contributed by atoms with van der Waals surface area (Å²) in [6.45, 7) is 1.03. The lowest BCUT2D eigenvalue weighted by atomic mass is 10.2. The van der Waals surface area contributed by atoms with Crippen LogP contribution in [0, 0.1) is 5.82 Å². The third kappa shape index (κ3) is 5.72. The van der Waals surface area contributed by atoms with Crippen LogP contribution in [0.5, 0.6) is 5.75 Å². The molecule has 0 unspecified atom stereocenters.